The number of aromatic nitrogens is 1. The Balaban J connectivity index is 2.27. The number of nitrogens with zero attached hydrogens (tertiary/aromatic N) is 1. The highest BCUT2D eigenvalue weighted by Gasteiger charge is 2.20. The minimum absolute atomic E-state index is 0.0975. The molecule has 0 radical (unpaired) electrons. The van der Waals surface area contributed by atoms with Crippen molar-refractivity contribution in [1.29, 1.82) is 0 Å². The molecule has 0 aliphatic carbocycles. The Hall–Kier alpha value is -0.840. The molecule has 2 rings (SSSR count). The van der Waals surface area contributed by atoms with Crippen LogP contribution in [0.3, 0.4) is 0 Å². The van der Waals surface area contributed by atoms with E-state index in [1.807, 2.05) is 6.92 Å². The van der Waals surface area contributed by atoms with Crippen molar-refractivity contribution in [2.45, 2.75) is 36.4 Å². The molecular formula is C14H18N2S2. The summed E-state index contributed by atoms with van der Waals surface area (Å²) in [7, 11) is 0. The smallest absolute Gasteiger partial charge is 0.150 e. The molecule has 4 heteroatoms. The summed E-state index contributed by atoms with van der Waals surface area (Å²) in [5.74, 6) is 0. The zero-order chi connectivity index (χ0) is 13.1. The van der Waals surface area contributed by atoms with Gasteiger partial charge >= 0.3 is 0 Å². The molecule has 96 valence electrons. The van der Waals surface area contributed by atoms with Crippen molar-refractivity contribution in [3.8, 4) is 0 Å². The number of hydrogen-bond acceptors (Lipinski definition) is 4. The molecule has 1 heterocycles. The number of hydrogen-bond donors (Lipinski definition) is 1. The van der Waals surface area contributed by atoms with Crippen molar-refractivity contribution in [1.82, 2.24) is 4.98 Å². The highest BCUT2D eigenvalue weighted by molar-refractivity contribution is 8.01. The van der Waals surface area contributed by atoms with Crippen LogP contribution < -0.4 is 5.73 Å². The fourth-order valence-electron chi connectivity index (χ4n) is 1.86. The van der Waals surface area contributed by atoms with Crippen molar-refractivity contribution in [3.05, 3.63) is 46.5 Å². The molecule has 1 aromatic heterocycles. The number of thioether (sulfide) groups is 1. The van der Waals surface area contributed by atoms with Crippen LogP contribution >= 0.6 is 23.1 Å². The summed E-state index contributed by atoms with van der Waals surface area (Å²) in [4.78, 5) is 4.51. The fraction of sp³-hybridized carbons (Fsp3) is 0.357. The van der Waals surface area contributed by atoms with E-state index in [-0.39, 0.29) is 11.3 Å². The van der Waals surface area contributed by atoms with Crippen LogP contribution in [0, 0.1) is 13.8 Å². The topological polar surface area (TPSA) is 38.9 Å². The number of rotatable bonds is 4. The molecule has 2 nitrogen and oxygen atoms in total. The van der Waals surface area contributed by atoms with E-state index in [1.165, 1.54) is 11.1 Å². The van der Waals surface area contributed by atoms with E-state index in [2.05, 4.69) is 48.5 Å². The van der Waals surface area contributed by atoms with Gasteiger partial charge in [0.15, 0.2) is 4.34 Å². The Morgan fingerprint density at radius 1 is 1.28 bits per heavy atom. The van der Waals surface area contributed by atoms with Crippen molar-refractivity contribution >= 4 is 23.1 Å². The molecule has 0 saturated carbocycles. The van der Waals surface area contributed by atoms with E-state index in [1.54, 1.807) is 23.1 Å². The molecule has 0 saturated heterocycles. The average molecular weight is 278 g/mol. The van der Waals surface area contributed by atoms with Crippen LogP contribution in [0.2, 0.25) is 0 Å². The van der Waals surface area contributed by atoms with E-state index in [9.17, 15) is 0 Å². The quantitative estimate of drug-likeness (QED) is 0.861. The SMILES string of the molecule is Cc1csc(SC(c2ccccc2C)C(C)N)n1. The van der Waals surface area contributed by atoms with Gasteiger partial charge in [0.1, 0.15) is 0 Å². The van der Waals surface area contributed by atoms with E-state index in [0.29, 0.717) is 0 Å². The largest absolute Gasteiger partial charge is 0.327 e. The van der Waals surface area contributed by atoms with Crippen molar-refractivity contribution in [3.63, 3.8) is 0 Å². The Morgan fingerprint density at radius 3 is 2.56 bits per heavy atom. The van der Waals surface area contributed by atoms with Gasteiger partial charge in [0.05, 0.1) is 5.25 Å². The molecule has 2 atom stereocenters. The van der Waals surface area contributed by atoms with Crippen molar-refractivity contribution < 1.29 is 0 Å². The maximum Gasteiger partial charge on any atom is 0.150 e. The van der Waals surface area contributed by atoms with Crippen LogP contribution in [0.1, 0.15) is 29.0 Å². The number of nitrogens with two attached hydrogens (primary N) is 1. The molecule has 18 heavy (non-hydrogen) atoms. The summed E-state index contributed by atoms with van der Waals surface area (Å²) in [6.07, 6.45) is 0. The lowest BCUT2D eigenvalue weighted by Gasteiger charge is -2.21. The molecule has 1 aromatic carbocycles. The third-order valence-corrected chi connectivity index (χ3v) is 5.36. The molecule has 0 bridgehead atoms. The van der Waals surface area contributed by atoms with Crippen molar-refractivity contribution in [2.24, 2.45) is 5.73 Å². The minimum atomic E-state index is 0.0975. The third-order valence-electron chi connectivity index (χ3n) is 2.80. The zero-order valence-electron chi connectivity index (χ0n) is 10.9. The Morgan fingerprint density at radius 2 is 2.00 bits per heavy atom. The minimum Gasteiger partial charge on any atom is -0.327 e. The predicted octanol–water partition coefficient (Wildman–Crippen LogP) is 3.94. The molecule has 0 amide bonds. The molecular weight excluding hydrogens is 260 g/mol. The second kappa shape index (κ2) is 5.87. The van der Waals surface area contributed by atoms with Gasteiger partial charge in [0.25, 0.3) is 0 Å². The summed E-state index contributed by atoms with van der Waals surface area (Å²) in [6.45, 7) is 6.22. The molecule has 0 aliphatic rings. The van der Waals surface area contributed by atoms with Gasteiger partial charge in [-0.05, 0) is 31.9 Å². The van der Waals surface area contributed by atoms with Gasteiger partial charge in [-0.25, -0.2) is 4.98 Å². The summed E-state index contributed by atoms with van der Waals surface area (Å²) in [5, 5.41) is 2.34. The first-order valence-corrected chi connectivity index (χ1v) is 7.73. The fourth-order valence-corrected chi connectivity index (χ4v) is 4.07. The zero-order valence-corrected chi connectivity index (χ0v) is 12.5. The van der Waals surface area contributed by atoms with E-state index in [0.717, 1.165) is 10.0 Å². The van der Waals surface area contributed by atoms with Crippen LogP contribution in [0.15, 0.2) is 34.0 Å². The van der Waals surface area contributed by atoms with Gasteiger partial charge in [-0.1, -0.05) is 36.0 Å². The number of benzene rings is 1. The van der Waals surface area contributed by atoms with Crippen LogP contribution in [-0.2, 0) is 0 Å². The van der Waals surface area contributed by atoms with E-state index < -0.39 is 0 Å². The van der Waals surface area contributed by atoms with Crippen molar-refractivity contribution in [2.75, 3.05) is 0 Å². The Labute approximate surface area is 117 Å². The normalized spacial score (nSPS) is 14.4. The second-order valence-corrected chi connectivity index (χ2v) is 6.76. The average Bonchev–Trinajstić information content (AvgIpc) is 2.73. The molecule has 0 fully saturated rings. The summed E-state index contributed by atoms with van der Waals surface area (Å²) < 4.78 is 1.10. The van der Waals surface area contributed by atoms with Crippen LogP contribution in [-0.4, -0.2) is 11.0 Å². The molecule has 2 aromatic rings. The summed E-state index contributed by atoms with van der Waals surface area (Å²) in [6, 6.07) is 8.54. The van der Waals surface area contributed by atoms with E-state index in [4.69, 9.17) is 5.73 Å². The van der Waals surface area contributed by atoms with Gasteiger partial charge in [0, 0.05) is 17.1 Å². The first kappa shape index (κ1) is 13.6. The van der Waals surface area contributed by atoms with E-state index >= 15 is 0 Å². The van der Waals surface area contributed by atoms with Crippen LogP contribution in [0.25, 0.3) is 0 Å². The van der Waals surface area contributed by atoms with Gasteiger partial charge in [-0.15, -0.1) is 11.3 Å². The van der Waals surface area contributed by atoms with Gasteiger partial charge in [-0.2, -0.15) is 0 Å². The molecule has 0 aliphatic heterocycles. The Bertz CT molecular complexity index is 520. The van der Waals surface area contributed by atoms with Crippen LogP contribution in [0.4, 0.5) is 0 Å². The lowest BCUT2D eigenvalue weighted by Crippen LogP contribution is -2.23. The Kier molecular flexibility index (Phi) is 4.43. The third kappa shape index (κ3) is 3.13. The highest BCUT2D eigenvalue weighted by Crippen LogP contribution is 2.39. The second-order valence-electron chi connectivity index (χ2n) is 4.51. The molecule has 2 unspecified atom stereocenters. The lowest BCUT2D eigenvalue weighted by molar-refractivity contribution is 0.717. The predicted molar refractivity (Wildman–Crippen MR) is 80.3 cm³/mol. The first-order chi connectivity index (χ1) is 8.58. The standard InChI is InChI=1S/C14H18N2S2/c1-9-6-4-5-7-12(9)13(11(3)15)18-14-16-10(2)8-17-14/h4-8,11,13H,15H2,1-3H3. The maximum atomic E-state index is 6.15. The number of aryl methyl sites for hydroxylation is 2. The highest BCUT2D eigenvalue weighted by atomic mass is 32.2. The lowest BCUT2D eigenvalue weighted by atomic mass is 10.0. The van der Waals surface area contributed by atoms with Crippen LogP contribution in [0.5, 0.6) is 0 Å². The number of thiazole rings is 1. The molecule has 0 spiro atoms. The van der Waals surface area contributed by atoms with Gasteiger partial charge in [0.2, 0.25) is 0 Å². The van der Waals surface area contributed by atoms with Gasteiger partial charge in [-0.3, -0.25) is 0 Å². The monoisotopic (exact) mass is 278 g/mol. The molecule has 2 N–H and O–H groups in total. The summed E-state index contributed by atoms with van der Waals surface area (Å²) in [5.41, 5.74) is 9.83. The first-order valence-electron chi connectivity index (χ1n) is 5.98. The maximum absolute atomic E-state index is 6.15. The summed E-state index contributed by atoms with van der Waals surface area (Å²) >= 11 is 3.46. The van der Waals surface area contributed by atoms with Gasteiger partial charge < -0.3 is 5.73 Å².